The molecule has 1 aromatic heterocycles. The summed E-state index contributed by atoms with van der Waals surface area (Å²) in [5.41, 5.74) is 3.52. The van der Waals surface area contributed by atoms with Crippen LogP contribution in [0.2, 0.25) is 0 Å². The highest BCUT2D eigenvalue weighted by atomic mass is 32.1. The molecule has 1 aliphatic rings. The molecule has 1 aliphatic heterocycles. The van der Waals surface area contributed by atoms with E-state index >= 15 is 0 Å². The third kappa shape index (κ3) is 6.69. The molecule has 2 N–H and O–H groups in total. The topological polar surface area (TPSA) is 79.0 Å². The Kier molecular flexibility index (Phi) is 8.83. The highest BCUT2D eigenvalue weighted by Crippen LogP contribution is 2.31. The summed E-state index contributed by atoms with van der Waals surface area (Å²) >= 11 is 7.21. The molecular formula is C27H33N5O3S2. The zero-order valence-corrected chi connectivity index (χ0v) is 23.2. The second-order valence-corrected chi connectivity index (χ2v) is 10.4. The number of carbonyl (C=O) groups excluding carboxylic acids is 1. The Morgan fingerprint density at radius 3 is 2.46 bits per heavy atom. The number of amides is 1. The van der Waals surface area contributed by atoms with Crippen molar-refractivity contribution in [1.82, 2.24) is 15.2 Å². The molecule has 2 heterocycles. The molecule has 37 heavy (non-hydrogen) atoms. The largest absolute Gasteiger partial charge is 0.493 e. The van der Waals surface area contributed by atoms with E-state index in [1.807, 2.05) is 49.8 Å². The average Bonchev–Trinajstić information content (AvgIpc) is 3.42. The van der Waals surface area contributed by atoms with Crippen molar-refractivity contribution in [2.24, 2.45) is 0 Å². The predicted molar refractivity (Wildman–Crippen MR) is 153 cm³/mol. The van der Waals surface area contributed by atoms with Gasteiger partial charge in [-0.1, -0.05) is 6.07 Å². The van der Waals surface area contributed by atoms with Gasteiger partial charge in [-0.25, -0.2) is 4.98 Å². The van der Waals surface area contributed by atoms with Gasteiger partial charge in [-0.3, -0.25) is 4.79 Å². The molecule has 0 radical (unpaired) electrons. The molecule has 0 bridgehead atoms. The van der Waals surface area contributed by atoms with Crippen molar-refractivity contribution >= 4 is 45.9 Å². The molecule has 3 aromatic rings. The summed E-state index contributed by atoms with van der Waals surface area (Å²) in [6.07, 6.45) is 1.89. The SMILES string of the molecule is COc1ccc(CNC(=O)c2csc(C3CCN(C(=S)Nc4ccc(N(C)C)cc4)CC3)n2)cc1OC. The summed E-state index contributed by atoms with van der Waals surface area (Å²) in [7, 11) is 7.24. The second kappa shape index (κ2) is 12.2. The number of nitrogens with one attached hydrogen (secondary N) is 2. The van der Waals surface area contributed by atoms with Crippen LogP contribution >= 0.6 is 23.6 Å². The molecule has 0 atom stereocenters. The molecule has 4 rings (SSSR count). The molecular weight excluding hydrogens is 506 g/mol. The smallest absolute Gasteiger partial charge is 0.271 e. The van der Waals surface area contributed by atoms with Crippen LogP contribution in [0.1, 0.15) is 39.8 Å². The second-order valence-electron chi connectivity index (χ2n) is 9.08. The van der Waals surface area contributed by atoms with Crippen molar-refractivity contribution in [2.45, 2.75) is 25.3 Å². The van der Waals surface area contributed by atoms with Crippen LogP contribution < -0.4 is 25.0 Å². The summed E-state index contributed by atoms with van der Waals surface area (Å²) in [4.78, 5) is 21.6. The number of carbonyl (C=O) groups is 1. The number of hydrogen-bond donors (Lipinski definition) is 2. The van der Waals surface area contributed by atoms with Gasteiger partial charge in [-0.15, -0.1) is 11.3 Å². The zero-order chi connectivity index (χ0) is 26.4. The maximum absolute atomic E-state index is 12.7. The fourth-order valence-electron chi connectivity index (χ4n) is 4.22. The first kappa shape index (κ1) is 26.7. The fraction of sp³-hybridized carbons (Fsp3) is 0.370. The molecule has 196 valence electrons. The van der Waals surface area contributed by atoms with Gasteiger partial charge in [0.2, 0.25) is 0 Å². The Hall–Kier alpha value is -3.37. The van der Waals surface area contributed by atoms with Crippen molar-refractivity contribution in [3.63, 3.8) is 0 Å². The fourth-order valence-corrected chi connectivity index (χ4v) is 5.49. The van der Waals surface area contributed by atoms with Crippen molar-refractivity contribution in [1.29, 1.82) is 0 Å². The monoisotopic (exact) mass is 539 g/mol. The van der Waals surface area contributed by atoms with Crippen LogP contribution in [0.5, 0.6) is 11.5 Å². The van der Waals surface area contributed by atoms with Gasteiger partial charge in [-0.2, -0.15) is 0 Å². The maximum Gasteiger partial charge on any atom is 0.271 e. The minimum absolute atomic E-state index is 0.180. The highest BCUT2D eigenvalue weighted by Gasteiger charge is 2.25. The van der Waals surface area contributed by atoms with Crippen LogP contribution in [0.25, 0.3) is 0 Å². The van der Waals surface area contributed by atoms with Gasteiger partial charge in [0.05, 0.1) is 19.2 Å². The number of methoxy groups -OCH3 is 2. The van der Waals surface area contributed by atoms with Gasteiger partial charge in [-0.05, 0) is 67.0 Å². The third-order valence-corrected chi connectivity index (χ3v) is 7.79. The number of thiazole rings is 1. The summed E-state index contributed by atoms with van der Waals surface area (Å²) in [6.45, 7) is 2.09. The number of piperidine rings is 1. The zero-order valence-electron chi connectivity index (χ0n) is 21.6. The van der Waals surface area contributed by atoms with E-state index < -0.39 is 0 Å². The quantitative estimate of drug-likeness (QED) is 0.398. The van der Waals surface area contributed by atoms with Gasteiger partial charge in [0.15, 0.2) is 16.6 Å². The van der Waals surface area contributed by atoms with Crippen molar-refractivity contribution in [3.05, 3.63) is 64.1 Å². The minimum atomic E-state index is -0.180. The summed E-state index contributed by atoms with van der Waals surface area (Å²) in [6, 6.07) is 13.8. The number of ether oxygens (including phenoxy) is 2. The first-order chi connectivity index (χ1) is 17.9. The Morgan fingerprint density at radius 1 is 1.11 bits per heavy atom. The molecule has 0 aliphatic carbocycles. The normalized spacial score (nSPS) is 13.7. The Labute approximate surface area is 227 Å². The molecule has 0 unspecified atom stereocenters. The van der Waals surface area contributed by atoms with E-state index in [2.05, 4.69) is 37.6 Å². The van der Waals surface area contributed by atoms with Gasteiger partial charge >= 0.3 is 0 Å². The van der Waals surface area contributed by atoms with Crippen LogP contribution in [-0.2, 0) is 6.54 Å². The van der Waals surface area contributed by atoms with E-state index in [0.29, 0.717) is 29.7 Å². The minimum Gasteiger partial charge on any atom is -0.493 e. The number of hydrogen-bond acceptors (Lipinski definition) is 7. The van der Waals surface area contributed by atoms with E-state index in [-0.39, 0.29) is 5.91 Å². The van der Waals surface area contributed by atoms with Crippen molar-refractivity contribution in [3.8, 4) is 11.5 Å². The summed E-state index contributed by atoms with van der Waals surface area (Å²) in [5.74, 6) is 1.44. The molecule has 1 saturated heterocycles. The van der Waals surface area contributed by atoms with Gasteiger partial charge in [0, 0.05) is 56.4 Å². The molecule has 2 aromatic carbocycles. The Bertz CT molecular complexity index is 1220. The molecule has 1 amide bonds. The Morgan fingerprint density at radius 2 is 1.81 bits per heavy atom. The van der Waals surface area contributed by atoms with Crippen molar-refractivity contribution < 1.29 is 14.3 Å². The molecule has 0 saturated carbocycles. The number of benzene rings is 2. The number of likely N-dealkylation sites (tertiary alicyclic amines) is 1. The van der Waals surface area contributed by atoms with Crippen LogP contribution in [0.15, 0.2) is 47.8 Å². The summed E-state index contributed by atoms with van der Waals surface area (Å²) in [5, 5.41) is 9.89. The van der Waals surface area contributed by atoms with Crippen LogP contribution in [-0.4, -0.2) is 62.3 Å². The third-order valence-electron chi connectivity index (χ3n) is 6.42. The lowest BCUT2D eigenvalue weighted by molar-refractivity contribution is 0.0946. The highest BCUT2D eigenvalue weighted by molar-refractivity contribution is 7.80. The molecule has 0 spiro atoms. The van der Waals surface area contributed by atoms with Crippen LogP contribution in [0.3, 0.4) is 0 Å². The van der Waals surface area contributed by atoms with Gasteiger partial charge in [0.25, 0.3) is 5.91 Å². The number of aromatic nitrogens is 1. The van der Waals surface area contributed by atoms with Crippen molar-refractivity contribution in [2.75, 3.05) is 51.6 Å². The summed E-state index contributed by atoms with van der Waals surface area (Å²) < 4.78 is 10.6. The van der Waals surface area contributed by atoms with E-state index in [9.17, 15) is 4.79 Å². The molecule has 1 fully saturated rings. The number of nitrogens with zero attached hydrogens (tertiary/aromatic N) is 3. The first-order valence-electron chi connectivity index (χ1n) is 12.2. The average molecular weight is 540 g/mol. The molecule has 8 nitrogen and oxygen atoms in total. The predicted octanol–water partition coefficient (Wildman–Crippen LogP) is 4.73. The maximum atomic E-state index is 12.7. The van der Waals surface area contributed by atoms with Crippen LogP contribution in [0, 0.1) is 0 Å². The van der Waals surface area contributed by atoms with E-state index in [1.165, 1.54) is 0 Å². The lowest BCUT2D eigenvalue weighted by atomic mass is 9.98. The Balaban J connectivity index is 1.26. The van der Waals surface area contributed by atoms with Crippen LogP contribution in [0.4, 0.5) is 11.4 Å². The number of anilines is 2. The van der Waals surface area contributed by atoms with Gasteiger partial charge < -0.3 is 29.9 Å². The number of thiocarbonyl (C=S) groups is 1. The molecule has 10 heteroatoms. The van der Waals surface area contributed by atoms with E-state index in [0.717, 1.165) is 53.0 Å². The standard InChI is InChI=1S/C27H33N5O3S2/c1-31(2)21-8-6-20(7-9-21)29-27(36)32-13-11-19(12-14-32)26-30-22(17-37-26)25(33)28-16-18-5-10-23(34-3)24(15-18)35-4/h5-10,15,17,19H,11-14,16H2,1-4H3,(H,28,33)(H,29,36). The number of rotatable bonds is 8. The lowest BCUT2D eigenvalue weighted by Crippen LogP contribution is -2.40. The van der Waals surface area contributed by atoms with E-state index in [4.69, 9.17) is 21.7 Å². The van der Waals surface area contributed by atoms with E-state index in [1.54, 1.807) is 25.6 Å². The van der Waals surface area contributed by atoms with Gasteiger partial charge in [0.1, 0.15) is 5.69 Å². The first-order valence-corrected chi connectivity index (χ1v) is 13.4. The lowest BCUT2D eigenvalue weighted by Gasteiger charge is -2.33.